The third kappa shape index (κ3) is 5.63. The Bertz CT molecular complexity index is 261. The highest BCUT2D eigenvalue weighted by Crippen LogP contribution is 2.20. The Balaban J connectivity index is 2.23. The van der Waals surface area contributed by atoms with Crippen LogP contribution in [0.25, 0.3) is 0 Å². The van der Waals surface area contributed by atoms with Crippen LogP contribution >= 0.6 is 8.81 Å². The van der Waals surface area contributed by atoms with Gasteiger partial charge in [-0.3, -0.25) is 0 Å². The quantitative estimate of drug-likeness (QED) is 0.485. The minimum Gasteiger partial charge on any atom is -0.354 e. The van der Waals surface area contributed by atoms with E-state index in [-0.39, 0.29) is 0 Å². The summed E-state index contributed by atoms with van der Waals surface area (Å²) >= 11 is 0. The summed E-state index contributed by atoms with van der Waals surface area (Å²) in [5.74, 6) is 0. The fourth-order valence-corrected chi connectivity index (χ4v) is 2.54. The summed E-state index contributed by atoms with van der Waals surface area (Å²) in [5.41, 5.74) is 0. The van der Waals surface area contributed by atoms with Gasteiger partial charge < -0.3 is 4.52 Å². The average Bonchev–Trinajstić information content (AvgIpc) is 2.35. The van der Waals surface area contributed by atoms with Crippen molar-refractivity contribution < 1.29 is 4.52 Å². The molecule has 2 heteroatoms. The molecule has 0 aliphatic heterocycles. The zero-order chi connectivity index (χ0) is 11.6. The van der Waals surface area contributed by atoms with Crippen LogP contribution in [0.2, 0.25) is 0 Å². The predicted octanol–water partition coefficient (Wildman–Crippen LogP) is 4.28. The van der Waals surface area contributed by atoms with Crippen molar-refractivity contribution in [3.05, 3.63) is 30.3 Å². The van der Waals surface area contributed by atoms with Crippen LogP contribution in [0.5, 0.6) is 0 Å². The van der Waals surface area contributed by atoms with Crippen LogP contribution in [-0.2, 0) is 4.52 Å². The molecule has 0 aliphatic rings. The fraction of sp³-hybridized carbons (Fsp3) is 0.571. The summed E-state index contributed by atoms with van der Waals surface area (Å²) < 4.78 is 5.95. The molecule has 0 N–H and O–H groups in total. The van der Waals surface area contributed by atoms with Gasteiger partial charge in [0, 0.05) is 8.81 Å². The molecular formula is C14H23OP. The van der Waals surface area contributed by atoms with Crippen molar-refractivity contribution >= 4 is 14.1 Å². The van der Waals surface area contributed by atoms with Gasteiger partial charge >= 0.3 is 0 Å². The first-order chi connectivity index (χ1) is 7.86. The van der Waals surface area contributed by atoms with Crippen LogP contribution in [-0.4, -0.2) is 6.10 Å². The first kappa shape index (κ1) is 13.7. The summed E-state index contributed by atoms with van der Waals surface area (Å²) in [6, 6.07) is 10.5. The van der Waals surface area contributed by atoms with E-state index in [0.29, 0.717) is 14.9 Å². The molecule has 1 nitrogen and oxygen atoms in total. The third-order valence-electron chi connectivity index (χ3n) is 2.70. The maximum atomic E-state index is 5.95. The number of benzene rings is 1. The summed E-state index contributed by atoms with van der Waals surface area (Å²) in [7, 11) is 0.504. The molecule has 1 aromatic rings. The van der Waals surface area contributed by atoms with Crippen LogP contribution in [0.1, 0.15) is 46.0 Å². The molecule has 0 saturated heterocycles. The van der Waals surface area contributed by atoms with Crippen molar-refractivity contribution in [1.29, 1.82) is 0 Å². The monoisotopic (exact) mass is 238 g/mol. The van der Waals surface area contributed by atoms with Crippen LogP contribution in [0.3, 0.4) is 0 Å². The van der Waals surface area contributed by atoms with Gasteiger partial charge in [-0.2, -0.15) is 0 Å². The zero-order valence-electron chi connectivity index (χ0n) is 10.4. The van der Waals surface area contributed by atoms with Crippen molar-refractivity contribution in [1.82, 2.24) is 0 Å². The van der Waals surface area contributed by atoms with E-state index in [2.05, 4.69) is 38.1 Å². The van der Waals surface area contributed by atoms with Gasteiger partial charge in [-0.05, 0) is 18.1 Å². The second kappa shape index (κ2) is 8.73. The van der Waals surface area contributed by atoms with Crippen molar-refractivity contribution in [2.24, 2.45) is 0 Å². The molecule has 0 amide bonds. The Hall–Kier alpha value is -0.390. The van der Waals surface area contributed by atoms with Gasteiger partial charge in [0.1, 0.15) is 0 Å². The molecular weight excluding hydrogens is 215 g/mol. The van der Waals surface area contributed by atoms with Crippen molar-refractivity contribution in [2.75, 3.05) is 0 Å². The third-order valence-corrected chi connectivity index (χ3v) is 3.72. The van der Waals surface area contributed by atoms with E-state index in [9.17, 15) is 0 Å². The molecule has 0 aliphatic carbocycles. The van der Waals surface area contributed by atoms with E-state index in [4.69, 9.17) is 4.52 Å². The van der Waals surface area contributed by atoms with E-state index in [1.54, 1.807) is 0 Å². The number of hydrogen-bond donors (Lipinski definition) is 0. The molecule has 0 aromatic heterocycles. The van der Waals surface area contributed by atoms with E-state index in [1.807, 2.05) is 6.07 Å². The molecule has 90 valence electrons. The van der Waals surface area contributed by atoms with Gasteiger partial charge in [0.05, 0.1) is 6.10 Å². The molecule has 0 saturated carbocycles. The summed E-state index contributed by atoms with van der Waals surface area (Å²) in [6.45, 7) is 4.46. The molecule has 1 aromatic carbocycles. The first-order valence-electron chi connectivity index (χ1n) is 6.33. The lowest BCUT2D eigenvalue weighted by Gasteiger charge is -2.15. The van der Waals surface area contributed by atoms with Crippen LogP contribution in [0, 0.1) is 0 Å². The lowest BCUT2D eigenvalue weighted by molar-refractivity contribution is 0.213. The first-order valence-corrected chi connectivity index (χ1v) is 7.24. The Labute approximate surface area is 101 Å². The highest BCUT2D eigenvalue weighted by molar-refractivity contribution is 7.41. The molecule has 2 atom stereocenters. The Morgan fingerprint density at radius 2 is 1.88 bits per heavy atom. The maximum absolute atomic E-state index is 5.95. The Morgan fingerprint density at radius 3 is 2.50 bits per heavy atom. The number of hydrogen-bond acceptors (Lipinski definition) is 1. The van der Waals surface area contributed by atoms with Crippen LogP contribution in [0.4, 0.5) is 0 Å². The van der Waals surface area contributed by atoms with Gasteiger partial charge in [-0.25, -0.2) is 0 Å². The van der Waals surface area contributed by atoms with Crippen LogP contribution in [0.15, 0.2) is 30.3 Å². The molecule has 2 unspecified atom stereocenters. The van der Waals surface area contributed by atoms with E-state index >= 15 is 0 Å². The Kier molecular flexibility index (Phi) is 7.46. The summed E-state index contributed by atoms with van der Waals surface area (Å²) in [6.07, 6.45) is 6.71. The smallest absolute Gasteiger partial charge is 0.0616 e. The van der Waals surface area contributed by atoms with Gasteiger partial charge in [-0.1, -0.05) is 63.4 Å². The zero-order valence-corrected chi connectivity index (χ0v) is 11.4. The highest BCUT2D eigenvalue weighted by atomic mass is 31.1. The van der Waals surface area contributed by atoms with E-state index in [1.165, 1.54) is 31.0 Å². The summed E-state index contributed by atoms with van der Waals surface area (Å²) in [4.78, 5) is 0. The van der Waals surface area contributed by atoms with Crippen molar-refractivity contribution in [2.45, 2.75) is 52.1 Å². The molecule has 0 heterocycles. The summed E-state index contributed by atoms with van der Waals surface area (Å²) in [5, 5.41) is 1.30. The minimum atomic E-state index is 0.449. The second-order valence-electron chi connectivity index (χ2n) is 4.11. The van der Waals surface area contributed by atoms with Gasteiger partial charge in [0.15, 0.2) is 0 Å². The normalized spacial score (nSPS) is 13.4. The lowest BCUT2D eigenvalue weighted by atomic mass is 10.1. The lowest BCUT2D eigenvalue weighted by Crippen LogP contribution is -2.08. The van der Waals surface area contributed by atoms with Gasteiger partial charge in [0.2, 0.25) is 0 Å². The van der Waals surface area contributed by atoms with E-state index in [0.717, 1.165) is 6.42 Å². The SMILES string of the molecule is CCCCCC(CC)OPc1ccccc1. The predicted molar refractivity (Wildman–Crippen MR) is 73.7 cm³/mol. The van der Waals surface area contributed by atoms with Crippen LogP contribution < -0.4 is 5.30 Å². The highest BCUT2D eigenvalue weighted by Gasteiger charge is 2.06. The topological polar surface area (TPSA) is 9.23 Å². The number of rotatable bonds is 8. The van der Waals surface area contributed by atoms with Gasteiger partial charge in [-0.15, -0.1) is 0 Å². The second-order valence-corrected chi connectivity index (χ2v) is 5.13. The molecule has 1 rings (SSSR count). The molecule has 0 spiro atoms. The van der Waals surface area contributed by atoms with Gasteiger partial charge in [0.25, 0.3) is 0 Å². The average molecular weight is 238 g/mol. The van der Waals surface area contributed by atoms with Crippen molar-refractivity contribution in [3.8, 4) is 0 Å². The van der Waals surface area contributed by atoms with E-state index < -0.39 is 0 Å². The molecule has 0 radical (unpaired) electrons. The van der Waals surface area contributed by atoms with Crippen molar-refractivity contribution in [3.63, 3.8) is 0 Å². The fourth-order valence-electron chi connectivity index (χ4n) is 1.63. The standard InChI is InChI=1S/C14H23OP/c1-3-5-7-10-13(4-2)15-16-14-11-8-6-9-12-14/h6,8-9,11-13,16H,3-5,7,10H2,1-2H3. The molecule has 0 bridgehead atoms. The Morgan fingerprint density at radius 1 is 1.12 bits per heavy atom. The number of unbranched alkanes of at least 4 members (excludes halogenated alkanes) is 2. The molecule has 0 fully saturated rings. The maximum Gasteiger partial charge on any atom is 0.0616 e. The minimum absolute atomic E-state index is 0.449. The molecule has 16 heavy (non-hydrogen) atoms. The largest absolute Gasteiger partial charge is 0.354 e.